The van der Waals surface area contributed by atoms with Crippen LogP contribution in [0, 0.1) is 23.1 Å². The number of ether oxygens (including phenoxy) is 2. The summed E-state index contributed by atoms with van der Waals surface area (Å²) in [5.41, 5.74) is 0.578. The van der Waals surface area contributed by atoms with E-state index < -0.39 is 12.1 Å². The summed E-state index contributed by atoms with van der Waals surface area (Å²) in [6.45, 7) is 4.58. The zero-order valence-corrected chi connectivity index (χ0v) is 12.4. The highest BCUT2D eigenvalue weighted by Crippen LogP contribution is 2.18. The molecule has 0 spiro atoms. The van der Waals surface area contributed by atoms with Crippen LogP contribution < -0.4 is 0 Å². The maximum atomic E-state index is 13.8. The van der Waals surface area contributed by atoms with E-state index in [9.17, 15) is 4.39 Å². The van der Waals surface area contributed by atoms with Crippen molar-refractivity contribution < 1.29 is 13.9 Å². The molecule has 0 heterocycles. The molecule has 0 saturated heterocycles. The second-order valence-corrected chi connectivity index (χ2v) is 4.42. The van der Waals surface area contributed by atoms with Gasteiger partial charge in [0.1, 0.15) is 5.82 Å². The zero-order chi connectivity index (χ0) is 14.3. The fourth-order valence-corrected chi connectivity index (χ4v) is 1.85. The standard InChI is InChI=1S/C14H15BrFNO2/c1-3-18-14(19-4-2)6-5-12-10(9-17)7-11(15)8-13(12)16/h7-9,14,17H,3-4H2,1-2H3. The van der Waals surface area contributed by atoms with Gasteiger partial charge < -0.3 is 14.9 Å². The van der Waals surface area contributed by atoms with Crippen LogP contribution in [0.3, 0.4) is 0 Å². The van der Waals surface area contributed by atoms with Crippen LogP contribution in [0.15, 0.2) is 16.6 Å². The average Bonchev–Trinajstić information content (AvgIpc) is 2.37. The van der Waals surface area contributed by atoms with E-state index in [1.807, 2.05) is 13.8 Å². The third kappa shape index (κ3) is 4.75. The van der Waals surface area contributed by atoms with Gasteiger partial charge in [-0.2, -0.15) is 0 Å². The van der Waals surface area contributed by atoms with Gasteiger partial charge in [-0.15, -0.1) is 0 Å². The maximum absolute atomic E-state index is 13.8. The molecular weight excluding hydrogens is 313 g/mol. The molecule has 0 bridgehead atoms. The summed E-state index contributed by atoms with van der Waals surface area (Å²) in [5.74, 6) is 4.92. The van der Waals surface area contributed by atoms with Crippen molar-refractivity contribution in [3.63, 3.8) is 0 Å². The molecular formula is C14H15BrFNO2. The van der Waals surface area contributed by atoms with Gasteiger partial charge >= 0.3 is 0 Å². The van der Waals surface area contributed by atoms with Gasteiger partial charge in [-0.1, -0.05) is 21.9 Å². The second-order valence-electron chi connectivity index (χ2n) is 3.51. The minimum absolute atomic E-state index is 0.169. The van der Waals surface area contributed by atoms with E-state index in [-0.39, 0.29) is 5.56 Å². The van der Waals surface area contributed by atoms with Crippen LogP contribution in [-0.4, -0.2) is 25.7 Å². The molecule has 0 aliphatic carbocycles. The average molecular weight is 328 g/mol. The van der Waals surface area contributed by atoms with Crippen LogP contribution in [0.2, 0.25) is 0 Å². The molecule has 0 amide bonds. The van der Waals surface area contributed by atoms with Crippen molar-refractivity contribution in [1.82, 2.24) is 0 Å². The van der Waals surface area contributed by atoms with E-state index in [0.29, 0.717) is 23.2 Å². The van der Waals surface area contributed by atoms with Crippen molar-refractivity contribution in [3.8, 4) is 11.8 Å². The highest BCUT2D eigenvalue weighted by Gasteiger charge is 2.08. The lowest BCUT2D eigenvalue weighted by atomic mass is 10.1. The van der Waals surface area contributed by atoms with E-state index in [0.717, 1.165) is 6.21 Å². The van der Waals surface area contributed by atoms with Crippen molar-refractivity contribution in [3.05, 3.63) is 33.5 Å². The van der Waals surface area contributed by atoms with Crippen molar-refractivity contribution in [2.24, 2.45) is 0 Å². The molecule has 0 atom stereocenters. The summed E-state index contributed by atoms with van der Waals surface area (Å²) in [6, 6.07) is 2.95. The lowest BCUT2D eigenvalue weighted by Crippen LogP contribution is -2.14. The molecule has 19 heavy (non-hydrogen) atoms. The largest absolute Gasteiger partial charge is 0.342 e. The summed E-state index contributed by atoms with van der Waals surface area (Å²) in [4.78, 5) is 0. The Morgan fingerprint density at radius 3 is 2.53 bits per heavy atom. The quantitative estimate of drug-likeness (QED) is 0.512. The topological polar surface area (TPSA) is 42.3 Å². The number of nitrogens with one attached hydrogen (secondary N) is 1. The van der Waals surface area contributed by atoms with Gasteiger partial charge in [0, 0.05) is 29.5 Å². The molecule has 1 N–H and O–H groups in total. The molecule has 5 heteroatoms. The van der Waals surface area contributed by atoms with Crippen LogP contribution in [0.5, 0.6) is 0 Å². The normalized spacial score (nSPS) is 10.2. The Morgan fingerprint density at radius 1 is 1.37 bits per heavy atom. The fourth-order valence-electron chi connectivity index (χ4n) is 1.40. The third-order valence-corrected chi connectivity index (χ3v) is 2.65. The van der Waals surface area contributed by atoms with Crippen molar-refractivity contribution in [2.45, 2.75) is 20.1 Å². The summed E-state index contributed by atoms with van der Waals surface area (Å²) in [7, 11) is 0. The minimum atomic E-state index is -0.684. The Labute approximate surface area is 120 Å². The number of halogens is 2. The molecule has 1 aromatic carbocycles. The number of hydrogen-bond acceptors (Lipinski definition) is 3. The van der Waals surface area contributed by atoms with E-state index >= 15 is 0 Å². The van der Waals surface area contributed by atoms with Crippen LogP contribution in [0.25, 0.3) is 0 Å². The molecule has 0 saturated carbocycles. The van der Waals surface area contributed by atoms with Crippen molar-refractivity contribution in [1.29, 1.82) is 5.41 Å². The van der Waals surface area contributed by atoms with Crippen LogP contribution >= 0.6 is 15.9 Å². The number of rotatable bonds is 5. The Balaban J connectivity index is 3.07. The fraction of sp³-hybridized carbons (Fsp3) is 0.357. The van der Waals surface area contributed by atoms with Gasteiger partial charge in [-0.3, -0.25) is 0 Å². The zero-order valence-electron chi connectivity index (χ0n) is 10.8. The Hall–Kier alpha value is -1.22. The van der Waals surface area contributed by atoms with Gasteiger partial charge in [0.15, 0.2) is 0 Å². The number of hydrogen-bond donors (Lipinski definition) is 1. The molecule has 0 aromatic heterocycles. The van der Waals surface area contributed by atoms with E-state index in [4.69, 9.17) is 14.9 Å². The first kappa shape index (κ1) is 15.8. The highest BCUT2D eigenvalue weighted by atomic mass is 79.9. The third-order valence-electron chi connectivity index (χ3n) is 2.19. The summed E-state index contributed by atoms with van der Waals surface area (Å²) >= 11 is 3.18. The summed E-state index contributed by atoms with van der Waals surface area (Å²) in [5, 5.41) is 7.28. The molecule has 1 aromatic rings. The van der Waals surface area contributed by atoms with E-state index in [1.165, 1.54) is 6.07 Å². The summed E-state index contributed by atoms with van der Waals surface area (Å²) in [6.07, 6.45) is 0.380. The molecule has 1 rings (SSSR count). The Kier molecular flexibility index (Phi) is 6.71. The van der Waals surface area contributed by atoms with Gasteiger partial charge in [0.25, 0.3) is 0 Å². The molecule has 0 aliphatic heterocycles. The molecule has 0 aliphatic rings. The lowest BCUT2D eigenvalue weighted by molar-refractivity contribution is -0.0969. The van der Waals surface area contributed by atoms with E-state index in [1.54, 1.807) is 6.07 Å². The smallest absolute Gasteiger partial charge is 0.222 e. The molecule has 0 unspecified atom stereocenters. The molecule has 0 radical (unpaired) electrons. The van der Waals surface area contributed by atoms with Crippen molar-refractivity contribution >= 4 is 22.1 Å². The van der Waals surface area contributed by atoms with Crippen LogP contribution in [0.4, 0.5) is 4.39 Å². The van der Waals surface area contributed by atoms with E-state index in [2.05, 4.69) is 27.8 Å². The monoisotopic (exact) mass is 327 g/mol. The Morgan fingerprint density at radius 2 is 2.00 bits per heavy atom. The molecule has 102 valence electrons. The Bertz CT molecular complexity index is 502. The first-order valence-electron chi connectivity index (χ1n) is 5.86. The van der Waals surface area contributed by atoms with Gasteiger partial charge in [-0.25, -0.2) is 4.39 Å². The summed E-state index contributed by atoms with van der Waals surface area (Å²) < 4.78 is 24.9. The predicted octanol–water partition coefficient (Wildman–Crippen LogP) is 3.34. The van der Waals surface area contributed by atoms with Gasteiger partial charge in [0.05, 0.1) is 5.56 Å². The second kappa shape index (κ2) is 8.05. The maximum Gasteiger partial charge on any atom is 0.222 e. The first-order valence-corrected chi connectivity index (χ1v) is 6.65. The minimum Gasteiger partial charge on any atom is -0.342 e. The predicted molar refractivity (Wildman–Crippen MR) is 75.9 cm³/mol. The highest BCUT2D eigenvalue weighted by molar-refractivity contribution is 9.10. The van der Waals surface area contributed by atoms with Crippen LogP contribution in [0.1, 0.15) is 25.0 Å². The van der Waals surface area contributed by atoms with Crippen LogP contribution in [-0.2, 0) is 9.47 Å². The lowest BCUT2D eigenvalue weighted by Gasteiger charge is -2.10. The van der Waals surface area contributed by atoms with Gasteiger partial charge in [-0.05, 0) is 31.9 Å². The van der Waals surface area contributed by atoms with Crippen molar-refractivity contribution in [2.75, 3.05) is 13.2 Å². The SMILES string of the molecule is CCOC(C#Cc1c(F)cc(Br)cc1C=N)OCC. The number of benzene rings is 1. The van der Waals surface area contributed by atoms with Gasteiger partial charge in [0.2, 0.25) is 6.29 Å². The first-order chi connectivity index (χ1) is 9.12. The molecule has 3 nitrogen and oxygen atoms in total. The molecule has 0 fully saturated rings.